The Balaban J connectivity index is 0.000000190. The lowest BCUT2D eigenvalue weighted by molar-refractivity contribution is -0.0509. The molecule has 360 valence electrons. The number of carbonyl (C=O) groups is 3. The highest BCUT2D eigenvalue weighted by atomic mass is 19.3. The molecule has 0 aromatic heterocycles. The van der Waals surface area contributed by atoms with Gasteiger partial charge in [0, 0.05) is 19.3 Å². The van der Waals surface area contributed by atoms with Gasteiger partial charge in [0.15, 0.2) is 17.3 Å². The van der Waals surface area contributed by atoms with Crippen LogP contribution in [-0.2, 0) is 9.31 Å². The molecule has 3 aromatic carbocycles. The van der Waals surface area contributed by atoms with Gasteiger partial charge in [-0.3, -0.25) is 14.4 Å². The monoisotopic (exact) mass is 938 g/mol. The number of Topliss-reactive ketones (excluding diaryl/α,β-unsaturated/α-hetero) is 3. The molecule has 66 heavy (non-hydrogen) atoms. The summed E-state index contributed by atoms with van der Waals surface area (Å²) < 4.78 is 116. The number of ketones is 3. The number of methoxy groups -OCH3 is 3. The second-order valence-corrected chi connectivity index (χ2v) is 17.3. The molecule has 21 heteroatoms. The van der Waals surface area contributed by atoms with E-state index in [4.69, 9.17) is 33.6 Å². The van der Waals surface area contributed by atoms with Gasteiger partial charge in [0.25, 0.3) is 0 Å². The van der Waals surface area contributed by atoms with Gasteiger partial charge in [-0.05, 0) is 131 Å². The van der Waals surface area contributed by atoms with Gasteiger partial charge in [-0.1, -0.05) is 6.07 Å². The number of carbonyl (C=O) groups excluding carboxylic acids is 3. The first-order chi connectivity index (χ1) is 31.1. The van der Waals surface area contributed by atoms with Crippen molar-refractivity contribution in [1.82, 2.24) is 0 Å². The van der Waals surface area contributed by atoms with Gasteiger partial charge in [-0.25, -0.2) is 0 Å². The predicted molar refractivity (Wildman–Crippen MR) is 229 cm³/mol. The third kappa shape index (κ3) is 14.0. The first-order valence-corrected chi connectivity index (χ1v) is 21.3. The van der Waals surface area contributed by atoms with Crippen LogP contribution in [0.15, 0.2) is 42.5 Å². The largest absolute Gasteiger partial charge is 0.496 e. The zero-order valence-electron chi connectivity index (χ0n) is 37.7. The van der Waals surface area contributed by atoms with Crippen molar-refractivity contribution in [3.8, 4) is 34.5 Å². The summed E-state index contributed by atoms with van der Waals surface area (Å²) in [7, 11) is 1.39. The lowest BCUT2D eigenvalue weighted by Gasteiger charge is -2.32. The highest BCUT2D eigenvalue weighted by Crippen LogP contribution is 2.41. The molecule has 13 nitrogen and oxygen atoms in total. The molecule has 0 unspecified atom stereocenters. The molecule has 4 aliphatic rings. The van der Waals surface area contributed by atoms with Crippen molar-refractivity contribution in [1.29, 1.82) is 0 Å². The van der Waals surface area contributed by atoms with Crippen LogP contribution in [0.4, 0.5) is 26.3 Å². The molecule has 4 fully saturated rings. The van der Waals surface area contributed by atoms with Gasteiger partial charge < -0.3 is 47.8 Å². The molecular formula is C45H54B2F6O13. The van der Waals surface area contributed by atoms with Crippen molar-refractivity contribution in [3.63, 3.8) is 0 Å². The minimum atomic E-state index is -3.13. The Bertz CT molecular complexity index is 2160. The van der Waals surface area contributed by atoms with Gasteiger partial charge in [-0.15, -0.1) is 0 Å². The highest BCUT2D eigenvalue weighted by molar-refractivity contribution is 6.62. The van der Waals surface area contributed by atoms with Crippen LogP contribution in [-0.4, -0.2) is 94.0 Å². The number of rotatable bonds is 20. The van der Waals surface area contributed by atoms with E-state index < -0.39 is 51.0 Å². The highest BCUT2D eigenvalue weighted by Gasteiger charge is 2.52. The van der Waals surface area contributed by atoms with Crippen LogP contribution in [0, 0.1) is 17.8 Å². The molecule has 3 saturated carbocycles. The van der Waals surface area contributed by atoms with Crippen LogP contribution < -0.4 is 39.3 Å². The van der Waals surface area contributed by atoms with E-state index in [0.29, 0.717) is 30.1 Å². The lowest BCUT2D eigenvalue weighted by atomic mass is 9.78. The summed E-state index contributed by atoms with van der Waals surface area (Å²) in [6.45, 7) is -1.56. The molecule has 7 rings (SSSR count). The fourth-order valence-electron chi connectivity index (χ4n) is 6.94. The third-order valence-electron chi connectivity index (χ3n) is 11.6. The van der Waals surface area contributed by atoms with Crippen LogP contribution in [0.5, 0.6) is 34.5 Å². The van der Waals surface area contributed by atoms with E-state index in [1.165, 1.54) is 45.6 Å². The van der Waals surface area contributed by atoms with Crippen molar-refractivity contribution in [2.75, 3.05) is 21.3 Å². The maximum atomic E-state index is 13.0. The Morgan fingerprint density at radius 2 is 0.924 bits per heavy atom. The Kier molecular flexibility index (Phi) is 17.5. The van der Waals surface area contributed by atoms with E-state index in [1.807, 2.05) is 27.7 Å². The van der Waals surface area contributed by atoms with Gasteiger partial charge >= 0.3 is 34.1 Å². The molecular weight excluding hydrogens is 884 g/mol. The summed E-state index contributed by atoms with van der Waals surface area (Å²) in [4.78, 5) is 36.9. The fraction of sp³-hybridized carbons (Fsp3) is 0.533. The third-order valence-corrected chi connectivity index (χ3v) is 11.6. The number of hydrogen-bond acceptors (Lipinski definition) is 13. The van der Waals surface area contributed by atoms with E-state index in [-0.39, 0.29) is 80.6 Å². The van der Waals surface area contributed by atoms with Crippen molar-refractivity contribution < 1.29 is 88.5 Å². The van der Waals surface area contributed by atoms with Gasteiger partial charge in [0.1, 0.15) is 51.2 Å². The van der Waals surface area contributed by atoms with Crippen molar-refractivity contribution in [3.05, 3.63) is 59.2 Å². The number of halogens is 6. The van der Waals surface area contributed by atoms with Gasteiger partial charge in [-0.2, -0.15) is 26.3 Å². The summed E-state index contributed by atoms with van der Waals surface area (Å²) in [5.74, 6) is -0.145. The molecule has 0 spiro atoms. The standard InChI is InChI=1S/C19H25BF2O5.C13H15BF2O5.C13H14F2O3/c1-18(2)19(3,4)27-20(26-18)12-9-14(24-5)16(13(23)8-11-6-7-11)15(10-12)25-17(21)22;1-20-10-5-8(14(18)19)6-11(21-13(15)16)12(10)9(17)4-7-2-3-7;1-17-10-3-2-4-11(18-13(14)15)12(10)9(16)7-8-5-6-8/h9-11,17H,6-8H2,1-5H3;5-7,13,18-19H,2-4H2,1H3;2-4,8,13H,5-7H2,1H3. The van der Waals surface area contributed by atoms with Gasteiger partial charge in [0.2, 0.25) is 0 Å². The molecule has 0 radical (unpaired) electrons. The average Bonchev–Trinajstić information content (AvgIpc) is 4.10. The van der Waals surface area contributed by atoms with E-state index in [9.17, 15) is 40.7 Å². The van der Waals surface area contributed by atoms with Crippen molar-refractivity contribution in [2.24, 2.45) is 17.8 Å². The molecule has 3 aliphatic carbocycles. The minimum Gasteiger partial charge on any atom is -0.496 e. The molecule has 0 bridgehead atoms. The van der Waals surface area contributed by atoms with Crippen LogP contribution in [0.25, 0.3) is 0 Å². The quantitative estimate of drug-likeness (QED) is 0.0641. The second-order valence-electron chi connectivity index (χ2n) is 17.3. The summed E-state index contributed by atoms with van der Waals surface area (Å²) in [5.41, 5.74) is -0.731. The fourth-order valence-corrected chi connectivity index (χ4v) is 6.94. The normalized spacial score (nSPS) is 17.0. The Hall–Kier alpha value is -4.98. The van der Waals surface area contributed by atoms with E-state index in [2.05, 4.69) is 14.2 Å². The number of alkyl halides is 6. The van der Waals surface area contributed by atoms with Gasteiger partial charge in [0.05, 0.1) is 32.5 Å². The summed E-state index contributed by atoms with van der Waals surface area (Å²) in [5, 5.41) is 18.3. The number of ether oxygens (including phenoxy) is 6. The van der Waals surface area contributed by atoms with E-state index in [0.717, 1.165) is 44.6 Å². The van der Waals surface area contributed by atoms with Crippen molar-refractivity contribution >= 4 is 42.5 Å². The number of benzene rings is 3. The maximum absolute atomic E-state index is 13.0. The Labute approximate surface area is 379 Å². The average molecular weight is 939 g/mol. The molecule has 2 N–H and O–H groups in total. The molecule has 0 atom stereocenters. The molecule has 1 saturated heterocycles. The molecule has 1 heterocycles. The topological polar surface area (TPSA) is 166 Å². The Morgan fingerprint density at radius 3 is 1.30 bits per heavy atom. The second kappa shape index (κ2) is 22.2. The minimum absolute atomic E-state index is 0.0121. The first kappa shape index (κ1) is 52.0. The first-order valence-electron chi connectivity index (χ1n) is 21.3. The summed E-state index contributed by atoms with van der Waals surface area (Å²) in [6.07, 6.45) is 6.76. The molecule has 3 aromatic rings. The Morgan fingerprint density at radius 1 is 0.591 bits per heavy atom. The van der Waals surface area contributed by atoms with E-state index >= 15 is 0 Å². The molecule has 1 aliphatic heterocycles. The van der Waals surface area contributed by atoms with Crippen LogP contribution >= 0.6 is 0 Å². The van der Waals surface area contributed by atoms with Crippen LogP contribution in [0.3, 0.4) is 0 Å². The van der Waals surface area contributed by atoms with E-state index in [1.54, 1.807) is 12.1 Å². The van der Waals surface area contributed by atoms with Crippen LogP contribution in [0.1, 0.15) is 117 Å². The SMILES string of the molecule is COc1cc(B(O)O)cc(OC(F)F)c1C(=O)CC1CC1.COc1cc(B2OC(C)(C)C(C)(C)O2)cc(OC(F)F)c1C(=O)CC1CC1.COc1cccc(OC(F)F)c1C(=O)CC1CC1. The van der Waals surface area contributed by atoms with Crippen LogP contribution in [0.2, 0.25) is 0 Å². The maximum Gasteiger partial charge on any atom is 0.495 e. The summed E-state index contributed by atoms with van der Waals surface area (Å²) >= 11 is 0. The zero-order chi connectivity index (χ0) is 48.7. The predicted octanol–water partition coefficient (Wildman–Crippen LogP) is 7.82. The summed E-state index contributed by atoms with van der Waals surface area (Å²) in [6, 6.07) is 9.66. The zero-order valence-corrected chi connectivity index (χ0v) is 37.7. The molecule has 0 amide bonds. The number of hydrogen-bond donors (Lipinski definition) is 2. The van der Waals surface area contributed by atoms with Crippen molar-refractivity contribution in [2.45, 2.75) is 117 Å². The lowest BCUT2D eigenvalue weighted by Crippen LogP contribution is -2.41. The smallest absolute Gasteiger partial charge is 0.495 e.